The lowest BCUT2D eigenvalue weighted by molar-refractivity contribution is -0.0907. The first-order valence-electron chi connectivity index (χ1n) is 19.2. The zero-order chi connectivity index (χ0) is 39.6. The number of aliphatic hydroxyl groups excluding tert-OH is 1. The molecule has 3 heterocycles. The second kappa shape index (κ2) is 19.5. The van der Waals surface area contributed by atoms with E-state index in [1.807, 2.05) is 44.2 Å². The number of methoxy groups -OCH3 is 1. The molecule has 15 heteroatoms. The SMILES string of the molecule is CC[Si](CC)(CC)O[C@H](CN(CC(C)C)S(=O)(=O)c1ccc(OC)cc1)[C@@H](NC(=O)O[C@H]1CO[C@H]2OCC[C@H]21)C(O)c1ccc(OCc2ccccc2)nc1. The second-order valence-electron chi connectivity index (χ2n) is 14.6. The topological polar surface area (TPSA) is 155 Å². The van der Waals surface area contributed by atoms with Crippen LogP contribution in [0.2, 0.25) is 18.1 Å². The van der Waals surface area contributed by atoms with Gasteiger partial charge in [0.05, 0.1) is 43.3 Å². The Morgan fingerprint density at radius 1 is 1.00 bits per heavy atom. The number of alkyl carbamates (subject to hydrolysis) is 1. The van der Waals surface area contributed by atoms with Crippen LogP contribution in [0.5, 0.6) is 11.6 Å². The first kappa shape index (κ1) is 42.6. The van der Waals surface area contributed by atoms with Crippen molar-refractivity contribution >= 4 is 24.4 Å². The summed E-state index contributed by atoms with van der Waals surface area (Å²) in [4.78, 5) is 18.4. The summed E-state index contributed by atoms with van der Waals surface area (Å²) in [6.45, 7) is 11.1. The highest BCUT2D eigenvalue weighted by atomic mass is 32.2. The molecule has 2 fully saturated rings. The van der Waals surface area contributed by atoms with E-state index in [0.29, 0.717) is 36.8 Å². The molecule has 0 bridgehead atoms. The van der Waals surface area contributed by atoms with E-state index < -0.39 is 55.1 Å². The summed E-state index contributed by atoms with van der Waals surface area (Å²) in [5.74, 6) is 0.718. The molecule has 2 aromatic carbocycles. The number of hydrogen-bond acceptors (Lipinski definition) is 11. The number of benzene rings is 2. The zero-order valence-corrected chi connectivity index (χ0v) is 34.6. The molecule has 5 rings (SSSR count). The molecule has 2 saturated heterocycles. The molecule has 0 radical (unpaired) electrons. The lowest BCUT2D eigenvalue weighted by atomic mass is 9.98. The van der Waals surface area contributed by atoms with Crippen molar-refractivity contribution in [2.24, 2.45) is 11.8 Å². The molecule has 1 unspecified atom stereocenters. The van der Waals surface area contributed by atoms with Crippen LogP contribution in [0, 0.1) is 11.8 Å². The summed E-state index contributed by atoms with van der Waals surface area (Å²) in [6, 6.07) is 20.4. The first-order chi connectivity index (χ1) is 26.4. The first-order valence-corrected chi connectivity index (χ1v) is 23.2. The number of nitrogens with one attached hydrogen (secondary N) is 1. The number of aliphatic hydroxyl groups is 1. The fraction of sp³-hybridized carbons (Fsp3) is 0.550. The molecule has 1 aromatic heterocycles. The van der Waals surface area contributed by atoms with Gasteiger partial charge in [-0.15, -0.1) is 0 Å². The number of amides is 1. The molecule has 0 spiro atoms. The van der Waals surface area contributed by atoms with Crippen molar-refractivity contribution in [1.29, 1.82) is 0 Å². The fourth-order valence-corrected chi connectivity index (χ4v) is 11.6. The second-order valence-corrected chi connectivity index (χ2v) is 21.2. The molecule has 2 aliphatic heterocycles. The van der Waals surface area contributed by atoms with Crippen LogP contribution < -0.4 is 14.8 Å². The maximum Gasteiger partial charge on any atom is 0.407 e. The molecule has 1 amide bonds. The molecule has 55 heavy (non-hydrogen) atoms. The standard InChI is InChI=1S/C40H57N3O10SSi/c1-7-55(8-2,9-3)53-34(25-43(24-28(4)5)54(46,47)32-18-16-31(48-6)17-19-32)37(42-40(45)52-35-27-51-39-33(35)21-22-49-39)38(44)30-15-20-36(41-23-30)50-26-29-13-11-10-12-14-29/h10-20,23,28,33-35,37-39,44H,7-9,21-22,24-27H2,1-6H3,(H,42,45)/t33-,34+,35-,37+,38?,39+/m0/s1. The van der Waals surface area contributed by atoms with Gasteiger partial charge in [-0.25, -0.2) is 18.2 Å². The summed E-state index contributed by atoms with van der Waals surface area (Å²) in [7, 11) is -5.08. The van der Waals surface area contributed by atoms with Crippen LogP contribution in [-0.4, -0.2) is 95.2 Å². The summed E-state index contributed by atoms with van der Waals surface area (Å²) in [5, 5.41) is 15.2. The lowest BCUT2D eigenvalue weighted by Crippen LogP contribution is -2.57. The Kier molecular flexibility index (Phi) is 15.1. The number of pyridine rings is 1. The Labute approximate surface area is 326 Å². The summed E-state index contributed by atoms with van der Waals surface area (Å²) < 4.78 is 65.8. The molecular weight excluding hydrogens is 743 g/mol. The van der Waals surface area contributed by atoms with Crippen molar-refractivity contribution in [2.75, 3.05) is 33.4 Å². The molecule has 13 nitrogen and oxygen atoms in total. The van der Waals surface area contributed by atoms with Crippen molar-refractivity contribution in [3.8, 4) is 11.6 Å². The van der Waals surface area contributed by atoms with E-state index in [1.54, 1.807) is 24.3 Å². The van der Waals surface area contributed by atoms with Crippen LogP contribution in [0.4, 0.5) is 4.79 Å². The van der Waals surface area contributed by atoms with Crippen molar-refractivity contribution in [2.45, 2.75) is 101 Å². The van der Waals surface area contributed by atoms with Crippen LogP contribution in [0.3, 0.4) is 0 Å². The third-order valence-electron chi connectivity index (χ3n) is 10.6. The Bertz CT molecular complexity index is 1740. The minimum atomic E-state index is -4.08. The molecule has 2 aliphatic rings. The smallest absolute Gasteiger partial charge is 0.407 e. The Hall–Kier alpha value is -3.57. The van der Waals surface area contributed by atoms with Crippen LogP contribution >= 0.6 is 0 Å². The van der Waals surface area contributed by atoms with Gasteiger partial charge in [0.2, 0.25) is 15.9 Å². The minimum Gasteiger partial charge on any atom is -0.497 e. The minimum absolute atomic E-state index is 0.0583. The van der Waals surface area contributed by atoms with Gasteiger partial charge in [0.15, 0.2) is 14.6 Å². The molecular formula is C40H57N3O10SSi. The van der Waals surface area contributed by atoms with E-state index in [0.717, 1.165) is 23.7 Å². The number of carbonyl (C=O) groups is 1. The Morgan fingerprint density at radius 2 is 1.71 bits per heavy atom. The van der Waals surface area contributed by atoms with E-state index in [9.17, 15) is 18.3 Å². The van der Waals surface area contributed by atoms with E-state index >= 15 is 0 Å². The van der Waals surface area contributed by atoms with Crippen LogP contribution in [0.1, 0.15) is 58.3 Å². The maximum absolute atomic E-state index is 14.4. The van der Waals surface area contributed by atoms with E-state index in [-0.39, 0.29) is 36.4 Å². The van der Waals surface area contributed by atoms with E-state index in [4.69, 9.17) is 28.1 Å². The van der Waals surface area contributed by atoms with Gasteiger partial charge in [-0.05, 0) is 66.4 Å². The number of sulfonamides is 1. The van der Waals surface area contributed by atoms with Gasteiger partial charge in [-0.2, -0.15) is 4.31 Å². The van der Waals surface area contributed by atoms with Gasteiger partial charge in [0.1, 0.15) is 24.6 Å². The molecule has 302 valence electrons. The van der Waals surface area contributed by atoms with Crippen LogP contribution in [0.15, 0.2) is 77.8 Å². The predicted molar refractivity (Wildman–Crippen MR) is 210 cm³/mol. The normalized spacial score (nSPS) is 20.2. The van der Waals surface area contributed by atoms with Gasteiger partial charge >= 0.3 is 6.09 Å². The van der Waals surface area contributed by atoms with Gasteiger partial charge < -0.3 is 38.5 Å². The number of fused-ring (bicyclic) bond motifs is 1. The molecule has 3 aromatic rings. The lowest BCUT2D eigenvalue weighted by Gasteiger charge is -2.41. The number of aromatic nitrogens is 1. The number of ether oxygens (including phenoxy) is 5. The van der Waals surface area contributed by atoms with Gasteiger partial charge in [-0.3, -0.25) is 0 Å². The fourth-order valence-electron chi connectivity index (χ4n) is 7.14. The van der Waals surface area contributed by atoms with Crippen LogP contribution in [-0.2, 0) is 35.3 Å². The number of nitrogens with zero attached hydrogens (tertiary/aromatic N) is 2. The average molecular weight is 800 g/mol. The highest BCUT2D eigenvalue weighted by molar-refractivity contribution is 7.89. The van der Waals surface area contributed by atoms with Gasteiger partial charge in [-0.1, -0.05) is 65.0 Å². The third-order valence-corrected chi connectivity index (χ3v) is 17.1. The number of rotatable bonds is 20. The molecule has 2 N–H and O–H groups in total. The van der Waals surface area contributed by atoms with E-state index in [2.05, 4.69) is 31.1 Å². The van der Waals surface area contributed by atoms with Crippen molar-refractivity contribution in [3.63, 3.8) is 0 Å². The maximum atomic E-state index is 14.4. The zero-order valence-electron chi connectivity index (χ0n) is 32.8. The summed E-state index contributed by atoms with van der Waals surface area (Å²) in [6.07, 6.45) is -1.93. The van der Waals surface area contributed by atoms with Gasteiger partial charge in [0.25, 0.3) is 0 Å². The average Bonchev–Trinajstić information content (AvgIpc) is 3.83. The third kappa shape index (κ3) is 10.8. The van der Waals surface area contributed by atoms with E-state index in [1.165, 1.54) is 29.7 Å². The Morgan fingerprint density at radius 3 is 2.33 bits per heavy atom. The quantitative estimate of drug-likeness (QED) is 0.124. The highest BCUT2D eigenvalue weighted by Crippen LogP contribution is 2.34. The largest absolute Gasteiger partial charge is 0.497 e. The van der Waals surface area contributed by atoms with Crippen molar-refractivity contribution in [1.82, 2.24) is 14.6 Å². The summed E-state index contributed by atoms with van der Waals surface area (Å²) in [5.41, 5.74) is 1.36. The van der Waals surface area contributed by atoms with Crippen molar-refractivity contribution in [3.05, 3.63) is 84.1 Å². The van der Waals surface area contributed by atoms with Gasteiger partial charge in [0, 0.05) is 30.9 Å². The monoisotopic (exact) mass is 799 g/mol. The predicted octanol–water partition coefficient (Wildman–Crippen LogP) is 6.30. The number of hydrogen-bond donors (Lipinski definition) is 2. The molecule has 0 saturated carbocycles. The number of carbonyl (C=O) groups excluding carboxylic acids is 1. The molecule has 6 atom stereocenters. The Balaban J connectivity index is 1.51. The molecule has 0 aliphatic carbocycles. The van der Waals surface area contributed by atoms with Crippen LogP contribution in [0.25, 0.3) is 0 Å². The highest BCUT2D eigenvalue weighted by Gasteiger charge is 2.46. The van der Waals surface area contributed by atoms with Crippen molar-refractivity contribution < 1.29 is 46.4 Å². The summed E-state index contributed by atoms with van der Waals surface area (Å²) >= 11 is 0.